The highest BCUT2D eigenvalue weighted by Crippen LogP contribution is 2.33. The van der Waals surface area contributed by atoms with Gasteiger partial charge >= 0.3 is 5.97 Å². The van der Waals surface area contributed by atoms with Gasteiger partial charge in [-0.05, 0) is 25.0 Å². The zero-order valence-electron chi connectivity index (χ0n) is 10.3. The molecule has 0 radical (unpaired) electrons. The second kappa shape index (κ2) is 4.14. The third-order valence-corrected chi connectivity index (χ3v) is 3.80. The van der Waals surface area contributed by atoms with E-state index in [9.17, 15) is 4.79 Å². The van der Waals surface area contributed by atoms with Crippen molar-refractivity contribution >= 4 is 16.9 Å². The SMILES string of the molecule is CC1c2[nH]c3ccccc3c2CCN1CC(=O)O. The molecule has 1 unspecified atom stereocenters. The average Bonchev–Trinajstić information content (AvgIpc) is 2.72. The van der Waals surface area contributed by atoms with E-state index in [0.717, 1.165) is 18.5 Å². The minimum absolute atomic E-state index is 0.107. The van der Waals surface area contributed by atoms with E-state index in [4.69, 9.17) is 5.11 Å². The molecule has 0 spiro atoms. The van der Waals surface area contributed by atoms with E-state index in [0.29, 0.717) is 0 Å². The summed E-state index contributed by atoms with van der Waals surface area (Å²) >= 11 is 0. The lowest BCUT2D eigenvalue weighted by atomic mass is 9.98. The Balaban J connectivity index is 2.03. The number of aromatic amines is 1. The van der Waals surface area contributed by atoms with E-state index in [1.165, 1.54) is 16.6 Å². The van der Waals surface area contributed by atoms with Crippen molar-refractivity contribution in [3.05, 3.63) is 35.5 Å². The highest BCUT2D eigenvalue weighted by atomic mass is 16.4. The fourth-order valence-corrected chi connectivity index (χ4v) is 2.87. The number of benzene rings is 1. The van der Waals surface area contributed by atoms with Crippen LogP contribution < -0.4 is 0 Å². The number of nitrogens with zero attached hydrogens (tertiary/aromatic N) is 1. The monoisotopic (exact) mass is 244 g/mol. The van der Waals surface area contributed by atoms with Gasteiger partial charge in [0.25, 0.3) is 0 Å². The molecule has 2 N–H and O–H groups in total. The number of aliphatic carboxylic acids is 1. The Labute approximate surface area is 105 Å². The first-order chi connectivity index (χ1) is 8.66. The molecule has 18 heavy (non-hydrogen) atoms. The van der Waals surface area contributed by atoms with E-state index in [-0.39, 0.29) is 12.6 Å². The smallest absolute Gasteiger partial charge is 0.317 e. The molecule has 1 aromatic heterocycles. The molecule has 0 saturated carbocycles. The van der Waals surface area contributed by atoms with Crippen molar-refractivity contribution in [2.24, 2.45) is 0 Å². The van der Waals surface area contributed by atoms with Crippen molar-refractivity contribution < 1.29 is 9.90 Å². The van der Waals surface area contributed by atoms with Crippen LogP contribution in [-0.2, 0) is 11.2 Å². The second-order valence-corrected chi connectivity index (χ2v) is 4.85. The molecule has 1 aliphatic rings. The molecule has 1 aliphatic heterocycles. The van der Waals surface area contributed by atoms with Crippen LogP contribution >= 0.6 is 0 Å². The molecule has 0 bridgehead atoms. The van der Waals surface area contributed by atoms with E-state index in [2.05, 4.69) is 24.0 Å². The van der Waals surface area contributed by atoms with Gasteiger partial charge in [-0.2, -0.15) is 0 Å². The van der Waals surface area contributed by atoms with Crippen LogP contribution in [0.15, 0.2) is 24.3 Å². The summed E-state index contributed by atoms with van der Waals surface area (Å²) in [7, 11) is 0. The molecule has 0 saturated heterocycles. The number of H-pyrrole nitrogens is 1. The molecule has 0 aliphatic carbocycles. The van der Waals surface area contributed by atoms with E-state index < -0.39 is 5.97 Å². The summed E-state index contributed by atoms with van der Waals surface area (Å²) in [6, 6.07) is 8.40. The van der Waals surface area contributed by atoms with Crippen molar-refractivity contribution in [1.29, 1.82) is 0 Å². The molecule has 4 heteroatoms. The van der Waals surface area contributed by atoms with Gasteiger partial charge in [-0.25, -0.2) is 0 Å². The van der Waals surface area contributed by atoms with Gasteiger partial charge in [0.1, 0.15) is 0 Å². The van der Waals surface area contributed by atoms with E-state index >= 15 is 0 Å². The third-order valence-electron chi connectivity index (χ3n) is 3.80. The minimum Gasteiger partial charge on any atom is -0.480 e. The average molecular weight is 244 g/mol. The van der Waals surface area contributed by atoms with Crippen LogP contribution in [0.4, 0.5) is 0 Å². The summed E-state index contributed by atoms with van der Waals surface area (Å²) in [6.45, 7) is 2.98. The van der Waals surface area contributed by atoms with Crippen molar-refractivity contribution in [2.75, 3.05) is 13.1 Å². The first kappa shape index (κ1) is 11.3. The topological polar surface area (TPSA) is 56.3 Å². The lowest BCUT2D eigenvalue weighted by Gasteiger charge is -2.32. The molecule has 3 rings (SSSR count). The Bertz CT molecular complexity index is 603. The highest BCUT2D eigenvalue weighted by molar-refractivity contribution is 5.85. The maximum Gasteiger partial charge on any atom is 0.317 e. The van der Waals surface area contributed by atoms with Crippen molar-refractivity contribution in [3.63, 3.8) is 0 Å². The number of nitrogens with one attached hydrogen (secondary N) is 1. The number of hydrogen-bond donors (Lipinski definition) is 2. The fraction of sp³-hybridized carbons (Fsp3) is 0.357. The van der Waals surface area contributed by atoms with Crippen LogP contribution in [-0.4, -0.2) is 34.0 Å². The molecule has 2 heterocycles. The first-order valence-electron chi connectivity index (χ1n) is 6.22. The maximum atomic E-state index is 10.8. The number of aromatic nitrogens is 1. The molecule has 1 atom stereocenters. The lowest BCUT2D eigenvalue weighted by molar-refractivity contribution is -0.139. The molecule has 0 amide bonds. The van der Waals surface area contributed by atoms with E-state index in [1.807, 2.05) is 17.0 Å². The second-order valence-electron chi connectivity index (χ2n) is 4.85. The lowest BCUT2D eigenvalue weighted by Crippen LogP contribution is -2.37. The quantitative estimate of drug-likeness (QED) is 0.851. The number of hydrogen-bond acceptors (Lipinski definition) is 2. The number of para-hydroxylation sites is 1. The van der Waals surface area contributed by atoms with Gasteiger partial charge in [-0.3, -0.25) is 9.69 Å². The van der Waals surface area contributed by atoms with Gasteiger partial charge in [0, 0.05) is 29.2 Å². The number of carbonyl (C=O) groups is 1. The van der Waals surface area contributed by atoms with Gasteiger partial charge in [0.15, 0.2) is 0 Å². The number of rotatable bonds is 2. The van der Waals surface area contributed by atoms with Crippen LogP contribution in [0, 0.1) is 0 Å². The predicted octanol–water partition coefficient (Wildman–Crippen LogP) is 2.17. The standard InChI is InChI=1S/C14H16N2O2/c1-9-14-11(6-7-16(9)8-13(17)18)10-4-2-3-5-12(10)15-14/h2-5,9,15H,6-8H2,1H3,(H,17,18). The Morgan fingerprint density at radius 2 is 2.28 bits per heavy atom. The number of carboxylic acid groups (broad SMARTS) is 1. The van der Waals surface area contributed by atoms with Gasteiger partial charge in [-0.15, -0.1) is 0 Å². The summed E-state index contributed by atoms with van der Waals surface area (Å²) < 4.78 is 0. The molecular weight excluding hydrogens is 228 g/mol. The predicted molar refractivity (Wildman–Crippen MR) is 69.6 cm³/mol. The van der Waals surface area contributed by atoms with Crippen LogP contribution in [0.3, 0.4) is 0 Å². The Hall–Kier alpha value is -1.81. The van der Waals surface area contributed by atoms with Crippen LogP contribution in [0.1, 0.15) is 24.2 Å². The van der Waals surface area contributed by atoms with Crippen molar-refractivity contribution in [2.45, 2.75) is 19.4 Å². The molecule has 4 nitrogen and oxygen atoms in total. The first-order valence-corrected chi connectivity index (χ1v) is 6.22. The number of fused-ring (bicyclic) bond motifs is 3. The van der Waals surface area contributed by atoms with Gasteiger partial charge in [0.05, 0.1) is 6.54 Å². The zero-order valence-corrected chi connectivity index (χ0v) is 10.3. The van der Waals surface area contributed by atoms with Gasteiger partial charge in [0.2, 0.25) is 0 Å². The zero-order chi connectivity index (χ0) is 12.7. The maximum absolute atomic E-state index is 10.8. The van der Waals surface area contributed by atoms with Crippen LogP contribution in [0.25, 0.3) is 10.9 Å². The number of carboxylic acids is 1. The van der Waals surface area contributed by atoms with E-state index in [1.54, 1.807) is 0 Å². The van der Waals surface area contributed by atoms with Crippen LogP contribution in [0.2, 0.25) is 0 Å². The summed E-state index contributed by atoms with van der Waals surface area (Å²) in [5, 5.41) is 10.2. The molecule has 2 aromatic rings. The molecular formula is C14H16N2O2. The summed E-state index contributed by atoms with van der Waals surface area (Å²) in [5.74, 6) is -0.763. The summed E-state index contributed by atoms with van der Waals surface area (Å²) in [4.78, 5) is 16.3. The third kappa shape index (κ3) is 1.69. The Morgan fingerprint density at radius 1 is 1.50 bits per heavy atom. The molecule has 94 valence electrons. The van der Waals surface area contributed by atoms with Crippen LogP contribution in [0.5, 0.6) is 0 Å². The fourth-order valence-electron chi connectivity index (χ4n) is 2.87. The molecule has 0 fully saturated rings. The Kier molecular flexibility index (Phi) is 2.59. The van der Waals surface area contributed by atoms with Gasteiger partial charge in [-0.1, -0.05) is 18.2 Å². The Morgan fingerprint density at radius 3 is 3.06 bits per heavy atom. The molecule has 1 aromatic carbocycles. The summed E-state index contributed by atoms with van der Waals surface area (Å²) in [6.07, 6.45) is 0.914. The summed E-state index contributed by atoms with van der Waals surface area (Å²) in [5.41, 5.74) is 3.66. The highest BCUT2D eigenvalue weighted by Gasteiger charge is 2.27. The van der Waals surface area contributed by atoms with Gasteiger partial charge < -0.3 is 10.1 Å². The normalized spacial score (nSPS) is 19.9. The minimum atomic E-state index is -0.763. The van der Waals surface area contributed by atoms with Crippen molar-refractivity contribution in [3.8, 4) is 0 Å². The largest absolute Gasteiger partial charge is 0.480 e. The van der Waals surface area contributed by atoms with Crippen molar-refractivity contribution in [1.82, 2.24) is 9.88 Å².